The molecule has 0 unspecified atom stereocenters. The Morgan fingerprint density at radius 3 is 2.12 bits per heavy atom. The highest BCUT2D eigenvalue weighted by Crippen LogP contribution is 1.95. The van der Waals surface area contributed by atoms with E-state index in [1.54, 1.807) is 0 Å². The minimum absolute atomic E-state index is 0. The smallest absolute Gasteiger partial charge is 0.0431 e. The van der Waals surface area contributed by atoms with Gasteiger partial charge in [-0.25, -0.2) is 0 Å². The van der Waals surface area contributed by atoms with Crippen molar-refractivity contribution < 1.29 is 5.11 Å². The van der Waals surface area contributed by atoms with Crippen molar-refractivity contribution in [1.29, 1.82) is 0 Å². The molecule has 8 heavy (non-hydrogen) atoms. The van der Waals surface area contributed by atoms with Crippen LogP contribution in [0.3, 0.4) is 0 Å². The minimum atomic E-state index is 0. The first-order valence-corrected chi connectivity index (χ1v) is 3.02. The fraction of sp³-hybridized carbons (Fsp3) is 1.00. The van der Waals surface area contributed by atoms with Crippen molar-refractivity contribution in [3.05, 3.63) is 0 Å². The van der Waals surface area contributed by atoms with Crippen LogP contribution in [0.4, 0.5) is 0 Å². The Hall–Kier alpha value is 0.177. The van der Waals surface area contributed by atoms with Crippen LogP contribution in [-0.2, 0) is 0 Å². The zero-order valence-electron chi connectivity index (χ0n) is 4.98. The first-order valence-electron chi connectivity index (χ1n) is 3.02. The average Bonchev–Trinajstić information content (AvgIpc) is 1.69. The quantitative estimate of drug-likeness (QED) is 0.427. The number of aliphatic hydroxyl groups excluding tert-OH is 1. The summed E-state index contributed by atoms with van der Waals surface area (Å²) in [7, 11) is 0. The molecule has 0 aliphatic rings. The van der Waals surface area contributed by atoms with Gasteiger partial charge in [0, 0.05) is 6.61 Å². The van der Waals surface area contributed by atoms with Gasteiger partial charge in [0.15, 0.2) is 0 Å². The molecule has 0 spiro atoms. The van der Waals surface area contributed by atoms with E-state index in [0.717, 1.165) is 6.42 Å². The summed E-state index contributed by atoms with van der Waals surface area (Å²) in [5, 5.41) is 8.29. The maximum absolute atomic E-state index is 8.29. The van der Waals surface area contributed by atoms with Crippen LogP contribution in [0.15, 0.2) is 0 Å². The summed E-state index contributed by atoms with van der Waals surface area (Å²) in [5.41, 5.74) is 0. The first kappa shape index (κ1) is 11.0. The lowest BCUT2D eigenvalue weighted by Gasteiger charge is -1.90. The van der Waals surface area contributed by atoms with E-state index in [0.29, 0.717) is 6.61 Å². The Bertz CT molecular complexity index is 27.7. The van der Waals surface area contributed by atoms with E-state index in [1.807, 2.05) is 0 Å². The van der Waals surface area contributed by atoms with Gasteiger partial charge in [-0.2, -0.15) is 0 Å². The van der Waals surface area contributed by atoms with Crippen LogP contribution in [0.25, 0.3) is 0 Å². The molecule has 0 saturated carbocycles. The Morgan fingerprint density at radius 1 is 1.12 bits per heavy atom. The molecule has 0 radical (unpaired) electrons. The van der Waals surface area contributed by atoms with Gasteiger partial charge in [-0.05, 0) is 17.4 Å². The monoisotopic (exact) mass is 134 g/mol. The molecule has 0 aromatic rings. The SMILES string of the molecule is CCCCCCO.[SiH4]. The summed E-state index contributed by atoms with van der Waals surface area (Å²) < 4.78 is 0. The predicted molar refractivity (Wildman–Crippen MR) is 42.6 cm³/mol. The molecule has 0 bridgehead atoms. The highest BCUT2D eigenvalue weighted by atomic mass is 28.1. The third-order valence-electron chi connectivity index (χ3n) is 1.01. The Labute approximate surface area is 56.1 Å². The predicted octanol–water partition coefficient (Wildman–Crippen LogP) is 0.107. The van der Waals surface area contributed by atoms with Crippen molar-refractivity contribution in [2.45, 2.75) is 32.6 Å². The fourth-order valence-electron chi connectivity index (χ4n) is 0.539. The Morgan fingerprint density at radius 2 is 1.75 bits per heavy atom. The van der Waals surface area contributed by atoms with E-state index >= 15 is 0 Å². The molecule has 0 aliphatic heterocycles. The van der Waals surface area contributed by atoms with Crippen LogP contribution >= 0.6 is 0 Å². The van der Waals surface area contributed by atoms with Gasteiger partial charge in [0.05, 0.1) is 0 Å². The normalized spacial score (nSPS) is 8.25. The highest BCUT2D eigenvalue weighted by Gasteiger charge is 1.80. The molecule has 0 fully saturated rings. The van der Waals surface area contributed by atoms with Gasteiger partial charge in [-0.1, -0.05) is 26.2 Å². The van der Waals surface area contributed by atoms with Gasteiger partial charge < -0.3 is 5.11 Å². The van der Waals surface area contributed by atoms with Crippen LogP contribution in [0.5, 0.6) is 0 Å². The van der Waals surface area contributed by atoms with E-state index < -0.39 is 0 Å². The third-order valence-corrected chi connectivity index (χ3v) is 1.01. The molecule has 0 atom stereocenters. The lowest BCUT2D eigenvalue weighted by Crippen LogP contribution is -1.80. The van der Waals surface area contributed by atoms with Gasteiger partial charge in [-0.15, -0.1) is 0 Å². The van der Waals surface area contributed by atoms with Gasteiger partial charge >= 0.3 is 0 Å². The molecule has 0 aliphatic carbocycles. The van der Waals surface area contributed by atoms with Gasteiger partial charge in [0.2, 0.25) is 0 Å². The maximum atomic E-state index is 8.29. The Balaban J connectivity index is 0. The standard InChI is InChI=1S/C6H14O.H4Si/c1-2-3-4-5-6-7;/h7H,2-6H2,1H3;1H4. The van der Waals surface area contributed by atoms with Crippen molar-refractivity contribution >= 4 is 11.0 Å². The lowest BCUT2D eigenvalue weighted by atomic mass is 10.2. The molecule has 1 nitrogen and oxygen atoms in total. The molecule has 0 saturated heterocycles. The number of rotatable bonds is 4. The maximum Gasteiger partial charge on any atom is 0.0431 e. The molecule has 0 aromatic carbocycles. The van der Waals surface area contributed by atoms with Crippen LogP contribution in [0, 0.1) is 0 Å². The number of unbranched alkanes of at least 4 members (excludes halogenated alkanes) is 3. The van der Waals surface area contributed by atoms with Crippen molar-refractivity contribution in [1.82, 2.24) is 0 Å². The summed E-state index contributed by atoms with van der Waals surface area (Å²) in [6.45, 7) is 2.53. The van der Waals surface area contributed by atoms with E-state index in [2.05, 4.69) is 6.92 Å². The van der Waals surface area contributed by atoms with Crippen molar-refractivity contribution in [3.63, 3.8) is 0 Å². The third kappa shape index (κ3) is 9.49. The van der Waals surface area contributed by atoms with Crippen LogP contribution < -0.4 is 0 Å². The fourth-order valence-corrected chi connectivity index (χ4v) is 0.539. The molecular weight excluding hydrogens is 116 g/mol. The number of aliphatic hydroxyl groups is 1. The second-order valence-electron chi connectivity index (χ2n) is 1.78. The van der Waals surface area contributed by atoms with E-state index in [9.17, 15) is 0 Å². The summed E-state index contributed by atoms with van der Waals surface area (Å²) in [4.78, 5) is 0. The summed E-state index contributed by atoms with van der Waals surface area (Å²) in [6, 6.07) is 0. The second-order valence-corrected chi connectivity index (χ2v) is 1.78. The van der Waals surface area contributed by atoms with Crippen LogP contribution in [0.2, 0.25) is 0 Å². The van der Waals surface area contributed by atoms with Crippen molar-refractivity contribution in [2.24, 2.45) is 0 Å². The number of hydrogen-bond donors (Lipinski definition) is 1. The summed E-state index contributed by atoms with van der Waals surface area (Å²) in [6.07, 6.45) is 4.68. The van der Waals surface area contributed by atoms with Gasteiger partial charge in [0.1, 0.15) is 0 Å². The van der Waals surface area contributed by atoms with Gasteiger partial charge in [-0.3, -0.25) is 0 Å². The van der Waals surface area contributed by atoms with E-state index in [-0.39, 0.29) is 11.0 Å². The number of hydrogen-bond acceptors (Lipinski definition) is 1. The molecule has 2 heteroatoms. The first-order chi connectivity index (χ1) is 3.41. The van der Waals surface area contributed by atoms with Crippen LogP contribution in [-0.4, -0.2) is 22.7 Å². The Kier molecular flexibility index (Phi) is 14.1. The molecule has 52 valence electrons. The molecule has 0 rings (SSSR count). The lowest BCUT2D eigenvalue weighted by molar-refractivity contribution is 0.283. The van der Waals surface area contributed by atoms with E-state index in [1.165, 1.54) is 19.3 Å². The summed E-state index contributed by atoms with van der Waals surface area (Å²) in [5.74, 6) is 0. The van der Waals surface area contributed by atoms with Crippen molar-refractivity contribution in [2.75, 3.05) is 6.61 Å². The molecule has 0 amide bonds. The van der Waals surface area contributed by atoms with Crippen LogP contribution in [0.1, 0.15) is 32.6 Å². The molecule has 0 heterocycles. The topological polar surface area (TPSA) is 20.2 Å². The minimum Gasteiger partial charge on any atom is -0.396 e. The average molecular weight is 134 g/mol. The molecule has 1 N–H and O–H groups in total. The summed E-state index contributed by atoms with van der Waals surface area (Å²) >= 11 is 0. The largest absolute Gasteiger partial charge is 0.396 e. The molecular formula is C6H18OSi. The van der Waals surface area contributed by atoms with Crippen molar-refractivity contribution in [3.8, 4) is 0 Å². The molecule has 0 aromatic heterocycles. The van der Waals surface area contributed by atoms with E-state index in [4.69, 9.17) is 5.11 Å². The highest BCUT2D eigenvalue weighted by molar-refractivity contribution is 5.75. The zero-order chi connectivity index (χ0) is 5.54. The zero-order valence-corrected chi connectivity index (χ0v) is 4.98. The second kappa shape index (κ2) is 10.2. The van der Waals surface area contributed by atoms with Gasteiger partial charge in [0.25, 0.3) is 0 Å².